The fourth-order valence-corrected chi connectivity index (χ4v) is 3.73. The molecule has 1 aliphatic heterocycles. The molecule has 1 aliphatic carbocycles. The van der Waals surface area contributed by atoms with Gasteiger partial charge in [0.2, 0.25) is 0 Å². The Kier molecular flexibility index (Phi) is 2.63. The van der Waals surface area contributed by atoms with Gasteiger partial charge in [0.25, 0.3) is 0 Å². The first kappa shape index (κ1) is 9.85. The molecule has 0 amide bonds. The number of hydrogen-bond acceptors (Lipinski definition) is 2. The first-order chi connectivity index (χ1) is 6.13. The average molecular weight is 199 g/mol. The van der Waals surface area contributed by atoms with Gasteiger partial charge in [-0.2, -0.15) is 11.8 Å². The van der Waals surface area contributed by atoms with Crippen LogP contribution >= 0.6 is 11.8 Å². The van der Waals surface area contributed by atoms with Crippen LogP contribution in [0.25, 0.3) is 0 Å². The van der Waals surface area contributed by atoms with E-state index in [2.05, 4.69) is 37.8 Å². The molecule has 2 fully saturated rings. The molecule has 0 aromatic carbocycles. The van der Waals surface area contributed by atoms with Gasteiger partial charge in [-0.15, -0.1) is 0 Å². The summed E-state index contributed by atoms with van der Waals surface area (Å²) >= 11 is 2.14. The van der Waals surface area contributed by atoms with Crippen molar-refractivity contribution in [2.24, 2.45) is 11.3 Å². The molecule has 1 N–H and O–H groups in total. The Balaban J connectivity index is 1.87. The lowest BCUT2D eigenvalue weighted by atomic mass is 10.0. The van der Waals surface area contributed by atoms with Gasteiger partial charge in [0, 0.05) is 23.6 Å². The predicted molar refractivity (Wildman–Crippen MR) is 60.2 cm³/mol. The smallest absolute Gasteiger partial charge is 0.0194 e. The summed E-state index contributed by atoms with van der Waals surface area (Å²) in [6.45, 7) is 7.10. The van der Waals surface area contributed by atoms with Gasteiger partial charge >= 0.3 is 0 Å². The van der Waals surface area contributed by atoms with E-state index < -0.39 is 0 Å². The highest BCUT2D eigenvalue weighted by atomic mass is 32.2. The quantitative estimate of drug-likeness (QED) is 0.733. The molecule has 0 spiro atoms. The third-order valence-corrected chi connectivity index (χ3v) is 4.87. The van der Waals surface area contributed by atoms with Crippen LogP contribution in [0.5, 0.6) is 0 Å². The van der Waals surface area contributed by atoms with E-state index in [0.717, 1.165) is 18.0 Å². The number of hydrogen-bond donors (Lipinski definition) is 1. The topological polar surface area (TPSA) is 12.0 Å². The molecule has 0 aromatic heterocycles. The molecule has 76 valence electrons. The van der Waals surface area contributed by atoms with Crippen molar-refractivity contribution in [2.75, 3.05) is 11.5 Å². The van der Waals surface area contributed by atoms with Crippen LogP contribution in [0.4, 0.5) is 0 Å². The van der Waals surface area contributed by atoms with E-state index in [1.54, 1.807) is 0 Å². The van der Waals surface area contributed by atoms with E-state index in [4.69, 9.17) is 0 Å². The minimum absolute atomic E-state index is 0.633. The maximum Gasteiger partial charge on any atom is 0.0194 e. The van der Waals surface area contributed by atoms with Gasteiger partial charge in [-0.05, 0) is 24.2 Å². The van der Waals surface area contributed by atoms with Gasteiger partial charge in [0.15, 0.2) is 0 Å². The van der Waals surface area contributed by atoms with Gasteiger partial charge in [-0.25, -0.2) is 0 Å². The highest BCUT2D eigenvalue weighted by Crippen LogP contribution is 2.54. The van der Waals surface area contributed by atoms with Crippen LogP contribution in [0.3, 0.4) is 0 Å². The van der Waals surface area contributed by atoms with E-state index in [1.807, 2.05) is 0 Å². The van der Waals surface area contributed by atoms with E-state index >= 15 is 0 Å². The molecule has 2 rings (SSSR count). The standard InChI is InChI=1S/C11H21NS/c1-4-8-6-13-7-10(12-8)9-5-11(9,2)3/h8-10,12H,4-7H2,1-3H3. The minimum Gasteiger partial charge on any atom is -0.309 e. The lowest BCUT2D eigenvalue weighted by molar-refractivity contribution is 0.383. The molecule has 1 heterocycles. The first-order valence-corrected chi connectivity index (χ1v) is 6.63. The van der Waals surface area contributed by atoms with E-state index in [9.17, 15) is 0 Å². The summed E-state index contributed by atoms with van der Waals surface area (Å²) in [6, 6.07) is 1.58. The van der Waals surface area contributed by atoms with Crippen LogP contribution in [0, 0.1) is 11.3 Å². The zero-order valence-electron chi connectivity index (χ0n) is 8.97. The average Bonchev–Trinajstić information content (AvgIpc) is 2.76. The van der Waals surface area contributed by atoms with Crippen molar-refractivity contribution in [1.82, 2.24) is 5.32 Å². The summed E-state index contributed by atoms with van der Waals surface area (Å²) in [4.78, 5) is 0. The molecule has 0 aromatic rings. The molecule has 1 saturated heterocycles. The molecule has 2 aliphatic rings. The number of rotatable bonds is 2. The summed E-state index contributed by atoms with van der Waals surface area (Å²) in [5, 5.41) is 3.80. The Morgan fingerprint density at radius 3 is 2.62 bits per heavy atom. The second-order valence-corrected chi connectivity index (χ2v) is 6.29. The van der Waals surface area contributed by atoms with Crippen LogP contribution in [0.15, 0.2) is 0 Å². The third-order valence-electron chi connectivity index (χ3n) is 3.63. The molecule has 0 radical (unpaired) electrons. The van der Waals surface area contributed by atoms with E-state index in [-0.39, 0.29) is 0 Å². The maximum atomic E-state index is 3.80. The first-order valence-electron chi connectivity index (χ1n) is 5.47. The molecule has 1 saturated carbocycles. The molecule has 3 atom stereocenters. The van der Waals surface area contributed by atoms with Crippen molar-refractivity contribution in [3.05, 3.63) is 0 Å². The fraction of sp³-hybridized carbons (Fsp3) is 1.00. The molecule has 1 nitrogen and oxygen atoms in total. The van der Waals surface area contributed by atoms with Gasteiger partial charge in [0.05, 0.1) is 0 Å². The van der Waals surface area contributed by atoms with Crippen molar-refractivity contribution in [2.45, 2.75) is 45.7 Å². The minimum atomic E-state index is 0.633. The number of thioether (sulfide) groups is 1. The highest BCUT2D eigenvalue weighted by Gasteiger charge is 2.50. The summed E-state index contributed by atoms with van der Waals surface area (Å²) in [5.41, 5.74) is 0.633. The Morgan fingerprint density at radius 1 is 1.38 bits per heavy atom. The lowest BCUT2D eigenvalue weighted by Crippen LogP contribution is -2.46. The van der Waals surface area contributed by atoms with Crippen molar-refractivity contribution in [3.63, 3.8) is 0 Å². The Morgan fingerprint density at radius 2 is 2.08 bits per heavy atom. The zero-order valence-corrected chi connectivity index (χ0v) is 9.79. The monoisotopic (exact) mass is 199 g/mol. The normalized spacial score (nSPS) is 43.2. The Hall–Kier alpha value is 0.310. The molecule has 3 unspecified atom stereocenters. The van der Waals surface area contributed by atoms with Crippen molar-refractivity contribution in [3.8, 4) is 0 Å². The van der Waals surface area contributed by atoms with Crippen molar-refractivity contribution < 1.29 is 0 Å². The van der Waals surface area contributed by atoms with Crippen LogP contribution in [0.1, 0.15) is 33.6 Å². The predicted octanol–water partition coefficient (Wildman–Crippen LogP) is 2.52. The van der Waals surface area contributed by atoms with Crippen LogP contribution < -0.4 is 5.32 Å². The second-order valence-electron chi connectivity index (χ2n) is 5.21. The number of nitrogens with one attached hydrogen (secondary N) is 1. The summed E-state index contributed by atoms with van der Waals surface area (Å²) in [6.07, 6.45) is 2.72. The van der Waals surface area contributed by atoms with E-state index in [1.165, 1.54) is 24.3 Å². The zero-order chi connectivity index (χ0) is 9.47. The van der Waals surface area contributed by atoms with Gasteiger partial charge in [-0.1, -0.05) is 20.8 Å². The largest absolute Gasteiger partial charge is 0.309 e. The van der Waals surface area contributed by atoms with Gasteiger partial charge in [-0.3, -0.25) is 0 Å². The van der Waals surface area contributed by atoms with Gasteiger partial charge in [0.1, 0.15) is 0 Å². The van der Waals surface area contributed by atoms with Crippen LogP contribution in [0.2, 0.25) is 0 Å². The molecular weight excluding hydrogens is 178 g/mol. The third kappa shape index (κ3) is 2.04. The maximum absolute atomic E-state index is 3.80. The summed E-state index contributed by atoms with van der Waals surface area (Å²) in [7, 11) is 0. The van der Waals surface area contributed by atoms with Crippen LogP contribution in [-0.2, 0) is 0 Å². The Bertz CT molecular complexity index is 191. The summed E-state index contributed by atoms with van der Waals surface area (Å²) in [5.74, 6) is 3.61. The second kappa shape index (κ2) is 3.47. The van der Waals surface area contributed by atoms with Crippen molar-refractivity contribution in [1.29, 1.82) is 0 Å². The van der Waals surface area contributed by atoms with E-state index in [0.29, 0.717) is 5.41 Å². The van der Waals surface area contributed by atoms with Crippen molar-refractivity contribution >= 4 is 11.8 Å². The SMILES string of the molecule is CCC1CSCC(C2CC2(C)C)N1. The fourth-order valence-electron chi connectivity index (χ4n) is 2.40. The summed E-state index contributed by atoms with van der Waals surface area (Å²) < 4.78 is 0. The highest BCUT2D eigenvalue weighted by molar-refractivity contribution is 7.99. The van der Waals surface area contributed by atoms with Gasteiger partial charge < -0.3 is 5.32 Å². The molecular formula is C11H21NS. The Labute approximate surface area is 86.0 Å². The molecule has 13 heavy (non-hydrogen) atoms. The van der Waals surface area contributed by atoms with Crippen LogP contribution in [-0.4, -0.2) is 23.6 Å². The molecule has 0 bridgehead atoms. The lowest BCUT2D eigenvalue weighted by Gasteiger charge is -2.31. The molecule has 2 heteroatoms.